The van der Waals surface area contributed by atoms with Crippen LogP contribution in [0.4, 0.5) is 4.79 Å². The van der Waals surface area contributed by atoms with Crippen LogP contribution in [0.1, 0.15) is 28.3 Å². The van der Waals surface area contributed by atoms with E-state index in [2.05, 4.69) is 10.3 Å². The number of aryl methyl sites for hydroxylation is 1. The van der Waals surface area contributed by atoms with Crippen molar-refractivity contribution in [1.82, 2.24) is 15.2 Å². The van der Waals surface area contributed by atoms with Crippen molar-refractivity contribution < 1.29 is 14.3 Å². The maximum Gasteiger partial charge on any atom is 0.407 e. The molecule has 1 aromatic heterocycles. The van der Waals surface area contributed by atoms with E-state index in [0.717, 1.165) is 5.01 Å². The number of nitrogens with one attached hydrogen (secondary N) is 1. The smallest absolute Gasteiger partial charge is 0.407 e. The van der Waals surface area contributed by atoms with Crippen LogP contribution in [0.3, 0.4) is 0 Å². The molecule has 3 rings (SSSR count). The van der Waals surface area contributed by atoms with Gasteiger partial charge >= 0.3 is 6.09 Å². The van der Waals surface area contributed by atoms with Gasteiger partial charge in [-0.15, -0.1) is 11.3 Å². The summed E-state index contributed by atoms with van der Waals surface area (Å²) in [5, 5.41) is 5.37. The van der Waals surface area contributed by atoms with E-state index < -0.39 is 5.60 Å². The summed E-state index contributed by atoms with van der Waals surface area (Å²) in [5.74, 6) is -0.0310. The molecule has 1 N–H and O–H groups in total. The number of carbonyl (C=O) groups excluding carboxylic acids is 2. The Kier molecular flexibility index (Phi) is 2.93. The summed E-state index contributed by atoms with van der Waals surface area (Å²) in [6.07, 6.45) is 1.01. The zero-order chi connectivity index (χ0) is 13.5. The van der Waals surface area contributed by atoms with Crippen molar-refractivity contribution in [3.8, 4) is 0 Å². The molecule has 6 nitrogen and oxygen atoms in total. The second kappa shape index (κ2) is 4.48. The first-order valence-corrected chi connectivity index (χ1v) is 7.14. The molecule has 2 fully saturated rings. The lowest BCUT2D eigenvalue weighted by Gasteiger charge is -2.36. The van der Waals surface area contributed by atoms with E-state index in [1.165, 1.54) is 11.3 Å². The number of hydrogen-bond donors (Lipinski definition) is 1. The normalized spacial score (nSPS) is 21.3. The number of aromatic nitrogens is 1. The number of alkyl carbamates (subject to hydrolysis) is 1. The molecule has 1 spiro atoms. The Balaban J connectivity index is 1.64. The SMILES string of the molecule is Cc1nc(C(=O)N2CCC3(CC2)CNC(=O)O3)cs1. The van der Waals surface area contributed by atoms with E-state index in [0.29, 0.717) is 38.2 Å². The lowest BCUT2D eigenvalue weighted by molar-refractivity contribution is 0.00316. The minimum atomic E-state index is -0.411. The van der Waals surface area contributed by atoms with E-state index in [4.69, 9.17) is 4.74 Å². The highest BCUT2D eigenvalue weighted by Gasteiger charge is 2.43. The summed E-state index contributed by atoms with van der Waals surface area (Å²) >= 11 is 1.48. The first-order valence-electron chi connectivity index (χ1n) is 6.26. The van der Waals surface area contributed by atoms with Crippen molar-refractivity contribution in [3.05, 3.63) is 16.1 Å². The molecule has 2 saturated heterocycles. The number of piperidine rings is 1. The van der Waals surface area contributed by atoms with Gasteiger partial charge in [-0.2, -0.15) is 0 Å². The van der Waals surface area contributed by atoms with Crippen LogP contribution < -0.4 is 5.32 Å². The third-order valence-corrected chi connectivity index (χ3v) is 4.44. The summed E-state index contributed by atoms with van der Waals surface area (Å²) in [5.41, 5.74) is 0.103. The predicted octanol–water partition coefficient (Wildman–Crippen LogP) is 1.17. The quantitative estimate of drug-likeness (QED) is 0.838. The fourth-order valence-electron chi connectivity index (χ4n) is 2.52. The van der Waals surface area contributed by atoms with Crippen molar-refractivity contribution >= 4 is 23.3 Å². The molecule has 1 aromatic rings. The highest BCUT2D eigenvalue weighted by molar-refractivity contribution is 7.09. The van der Waals surface area contributed by atoms with Crippen LogP contribution in [0.2, 0.25) is 0 Å². The van der Waals surface area contributed by atoms with Gasteiger partial charge < -0.3 is 15.0 Å². The number of carbonyl (C=O) groups is 2. The molecule has 2 aliphatic rings. The minimum absolute atomic E-state index is 0.0310. The van der Waals surface area contributed by atoms with Crippen LogP contribution >= 0.6 is 11.3 Å². The van der Waals surface area contributed by atoms with Crippen molar-refractivity contribution in [3.63, 3.8) is 0 Å². The zero-order valence-corrected chi connectivity index (χ0v) is 11.5. The van der Waals surface area contributed by atoms with E-state index in [1.807, 2.05) is 6.92 Å². The maximum atomic E-state index is 12.2. The lowest BCUT2D eigenvalue weighted by Crippen LogP contribution is -2.48. The third kappa shape index (κ3) is 2.30. The highest BCUT2D eigenvalue weighted by Crippen LogP contribution is 2.29. The van der Waals surface area contributed by atoms with Crippen molar-refractivity contribution in [2.45, 2.75) is 25.4 Å². The average molecular weight is 281 g/mol. The van der Waals surface area contributed by atoms with Crippen LogP contribution in [-0.2, 0) is 4.74 Å². The van der Waals surface area contributed by atoms with Gasteiger partial charge in [0.15, 0.2) is 0 Å². The fourth-order valence-corrected chi connectivity index (χ4v) is 3.11. The fraction of sp³-hybridized carbons (Fsp3) is 0.583. The van der Waals surface area contributed by atoms with Gasteiger partial charge in [0.05, 0.1) is 11.6 Å². The second-order valence-electron chi connectivity index (χ2n) is 4.97. The Morgan fingerprint density at radius 2 is 2.26 bits per heavy atom. The number of hydrogen-bond acceptors (Lipinski definition) is 5. The summed E-state index contributed by atoms with van der Waals surface area (Å²) in [6, 6.07) is 0. The molecular weight excluding hydrogens is 266 g/mol. The molecule has 3 heterocycles. The van der Waals surface area contributed by atoms with E-state index in [-0.39, 0.29) is 12.0 Å². The van der Waals surface area contributed by atoms with Crippen molar-refractivity contribution in [2.24, 2.45) is 0 Å². The molecule has 7 heteroatoms. The number of rotatable bonds is 1. The molecule has 0 saturated carbocycles. The van der Waals surface area contributed by atoms with Gasteiger partial charge in [0, 0.05) is 31.3 Å². The Hall–Kier alpha value is -1.63. The molecular formula is C12H15N3O3S. The number of amides is 2. The molecule has 0 aromatic carbocycles. The van der Waals surface area contributed by atoms with Gasteiger partial charge in [0.2, 0.25) is 0 Å². The Labute approximate surface area is 114 Å². The maximum absolute atomic E-state index is 12.2. The van der Waals surface area contributed by atoms with E-state index in [9.17, 15) is 9.59 Å². The van der Waals surface area contributed by atoms with Gasteiger partial charge in [-0.1, -0.05) is 0 Å². The number of nitrogens with zero attached hydrogens (tertiary/aromatic N) is 2. The Morgan fingerprint density at radius 1 is 1.53 bits per heavy atom. The Morgan fingerprint density at radius 3 is 2.79 bits per heavy atom. The third-order valence-electron chi connectivity index (χ3n) is 3.66. The summed E-state index contributed by atoms with van der Waals surface area (Å²) in [7, 11) is 0. The average Bonchev–Trinajstić information content (AvgIpc) is 2.97. The molecule has 0 atom stereocenters. The predicted molar refractivity (Wildman–Crippen MR) is 69.2 cm³/mol. The number of likely N-dealkylation sites (tertiary alicyclic amines) is 1. The highest BCUT2D eigenvalue weighted by atomic mass is 32.1. The van der Waals surface area contributed by atoms with Crippen molar-refractivity contribution in [1.29, 1.82) is 0 Å². The van der Waals surface area contributed by atoms with Gasteiger partial charge in [0.1, 0.15) is 11.3 Å². The molecule has 0 bridgehead atoms. The molecule has 2 amide bonds. The molecule has 0 aliphatic carbocycles. The van der Waals surface area contributed by atoms with Crippen LogP contribution in [0.15, 0.2) is 5.38 Å². The summed E-state index contributed by atoms with van der Waals surface area (Å²) < 4.78 is 5.33. The van der Waals surface area contributed by atoms with Crippen molar-refractivity contribution in [2.75, 3.05) is 19.6 Å². The topological polar surface area (TPSA) is 71.5 Å². The first-order chi connectivity index (χ1) is 9.08. The second-order valence-corrected chi connectivity index (χ2v) is 6.03. The van der Waals surface area contributed by atoms with Gasteiger partial charge in [-0.25, -0.2) is 9.78 Å². The summed E-state index contributed by atoms with van der Waals surface area (Å²) in [6.45, 7) is 3.63. The van der Waals surface area contributed by atoms with Gasteiger partial charge in [-0.3, -0.25) is 4.79 Å². The first kappa shape index (κ1) is 12.4. The number of thiazole rings is 1. The molecule has 2 aliphatic heterocycles. The molecule has 0 unspecified atom stereocenters. The van der Waals surface area contributed by atoms with Crippen LogP contribution in [0, 0.1) is 6.92 Å². The van der Waals surface area contributed by atoms with Crippen LogP contribution in [0.25, 0.3) is 0 Å². The van der Waals surface area contributed by atoms with Gasteiger partial charge in [0.25, 0.3) is 5.91 Å². The monoisotopic (exact) mass is 281 g/mol. The van der Waals surface area contributed by atoms with Crippen LogP contribution in [0.5, 0.6) is 0 Å². The standard InChI is InChI=1S/C12H15N3O3S/c1-8-14-9(6-19-8)10(16)15-4-2-12(3-5-15)7-13-11(17)18-12/h6H,2-5,7H2,1H3,(H,13,17). The molecule has 0 radical (unpaired) electrons. The Bertz CT molecular complexity index is 520. The van der Waals surface area contributed by atoms with E-state index in [1.54, 1.807) is 10.3 Å². The lowest BCUT2D eigenvalue weighted by atomic mass is 9.91. The number of ether oxygens (including phenoxy) is 1. The largest absolute Gasteiger partial charge is 0.441 e. The minimum Gasteiger partial charge on any atom is -0.441 e. The zero-order valence-electron chi connectivity index (χ0n) is 10.6. The molecule has 19 heavy (non-hydrogen) atoms. The molecule has 102 valence electrons. The summed E-state index contributed by atoms with van der Waals surface area (Å²) in [4.78, 5) is 29.4. The van der Waals surface area contributed by atoms with E-state index >= 15 is 0 Å². The van der Waals surface area contributed by atoms with Gasteiger partial charge in [-0.05, 0) is 6.92 Å². The van der Waals surface area contributed by atoms with Crippen LogP contribution in [-0.4, -0.2) is 47.1 Å².